The molecule has 35 nitrogen and oxygen atoms in total. The first-order chi connectivity index (χ1) is 42.4. The number of hydrogen-bond acceptors (Lipinski definition) is 34. The number of carboxylic acid groups (broad SMARTS) is 1. The Labute approximate surface area is 490 Å². The molecule has 4 unspecified atom stereocenters. The summed E-state index contributed by atoms with van der Waals surface area (Å²) in [5.74, 6) is -43.7. The third kappa shape index (κ3) is 9.58. The summed E-state index contributed by atoms with van der Waals surface area (Å²) in [4.78, 5) is 110. The van der Waals surface area contributed by atoms with Gasteiger partial charge in [-0.05, 0) is 24.3 Å². The van der Waals surface area contributed by atoms with Crippen molar-refractivity contribution >= 4 is 68.8 Å². The molecule has 0 spiro atoms. The van der Waals surface area contributed by atoms with E-state index in [4.69, 9.17) is 37.3 Å². The minimum atomic E-state index is -3.07. The van der Waals surface area contributed by atoms with E-state index in [0.29, 0.717) is 30.3 Å². The number of rotatable bonds is 12. The first-order valence-corrected chi connectivity index (χ1v) is 24.5. The molecule has 1 aliphatic heterocycles. The predicted octanol–water partition coefficient (Wildman–Crippen LogP) is 3.14. The predicted molar refractivity (Wildman–Crippen MR) is 284 cm³/mol. The van der Waals surface area contributed by atoms with Crippen molar-refractivity contribution in [3.05, 3.63) is 91.6 Å². The maximum Gasteiger partial charge on any atom is 0.344 e. The third-order valence-electron chi connectivity index (χ3n) is 13.6. The van der Waals surface area contributed by atoms with Crippen LogP contribution in [0.2, 0.25) is 0 Å². The van der Waals surface area contributed by atoms with Crippen molar-refractivity contribution in [1.29, 1.82) is 0 Å². The highest BCUT2D eigenvalue weighted by molar-refractivity contribution is 6.22. The van der Waals surface area contributed by atoms with Crippen LogP contribution in [0, 0.1) is 5.92 Å². The molecule has 0 saturated heterocycles. The molecule has 0 fully saturated rings. The fraction of sp³-hybridized carbons (Fsp3) is 0.0909. The number of phenols is 17. The van der Waals surface area contributed by atoms with Gasteiger partial charge in [0.05, 0.1) is 27.5 Å². The lowest BCUT2D eigenvalue weighted by atomic mass is 9.92. The highest BCUT2D eigenvalue weighted by Gasteiger charge is 2.48. The van der Waals surface area contributed by atoms with Crippen molar-refractivity contribution in [3.8, 4) is 138 Å². The van der Waals surface area contributed by atoms with E-state index in [1.165, 1.54) is 0 Å². The van der Waals surface area contributed by atoms with Crippen LogP contribution in [-0.2, 0) is 23.8 Å². The van der Waals surface area contributed by atoms with Crippen LogP contribution in [0.15, 0.2) is 67.0 Å². The first kappa shape index (κ1) is 59.8. The number of esters is 4. The zero-order chi connectivity index (χ0) is 65.7. The summed E-state index contributed by atoms with van der Waals surface area (Å²) in [5.41, 5.74) is -11.9. The zero-order valence-corrected chi connectivity index (χ0v) is 43.7. The van der Waals surface area contributed by atoms with Crippen molar-refractivity contribution in [2.75, 3.05) is 6.61 Å². The summed E-state index contributed by atoms with van der Waals surface area (Å²) in [6.45, 7) is -1.62. The molecule has 1 aliphatic rings. The molecule has 3 heterocycles. The minimum Gasteiger partial charge on any atom is -0.504 e. The van der Waals surface area contributed by atoms with Gasteiger partial charge in [-0.3, -0.25) is 9.59 Å². The summed E-state index contributed by atoms with van der Waals surface area (Å²) in [5, 5.41) is 202. The van der Waals surface area contributed by atoms with Crippen molar-refractivity contribution in [2.45, 2.75) is 18.3 Å². The van der Waals surface area contributed by atoms with E-state index in [1.54, 1.807) is 0 Å². The Bertz CT molecular complexity index is 4760. The molecule has 464 valence electrons. The number of carbonyl (C=O) groups excluding carboxylic acids is 5. The Balaban J connectivity index is 1.13. The second-order valence-corrected chi connectivity index (χ2v) is 19.0. The van der Waals surface area contributed by atoms with Crippen LogP contribution in [0.5, 0.6) is 126 Å². The third-order valence-corrected chi connectivity index (χ3v) is 13.6. The largest absolute Gasteiger partial charge is 0.504 e. The molecule has 2 aromatic heterocycles. The number of phenolic OH excluding ortho intramolecular Hbond substituents is 17. The molecule has 0 amide bonds. The Morgan fingerprint density at radius 3 is 1.58 bits per heavy atom. The Kier molecular flexibility index (Phi) is 14.4. The summed E-state index contributed by atoms with van der Waals surface area (Å²) in [7, 11) is 0. The second kappa shape index (κ2) is 21.6. The van der Waals surface area contributed by atoms with Gasteiger partial charge in [0, 0.05) is 40.6 Å². The average molecular weight is 1250 g/mol. The lowest BCUT2D eigenvalue weighted by molar-refractivity contribution is -0.157. The average Bonchev–Trinajstić information content (AvgIpc) is 0.740. The number of aliphatic hydroxyl groups is 1. The number of cyclic esters (lactones) is 1. The Morgan fingerprint density at radius 1 is 0.511 bits per heavy atom. The van der Waals surface area contributed by atoms with E-state index < -0.39 is 271 Å². The van der Waals surface area contributed by atoms with Crippen molar-refractivity contribution in [3.63, 3.8) is 0 Å². The van der Waals surface area contributed by atoms with Crippen LogP contribution >= 0.6 is 0 Å². The second-order valence-electron chi connectivity index (χ2n) is 19.0. The van der Waals surface area contributed by atoms with Crippen molar-refractivity contribution in [2.24, 2.45) is 5.92 Å². The lowest BCUT2D eigenvalue weighted by Gasteiger charge is -2.31. The highest BCUT2D eigenvalue weighted by Crippen LogP contribution is 2.58. The molecular weight excluding hydrogens is 1220 g/mol. The molecule has 0 radical (unpaired) electrons. The van der Waals surface area contributed by atoms with Crippen LogP contribution in [0.3, 0.4) is 0 Å². The molecular formula is C55H34O35. The van der Waals surface area contributed by atoms with Gasteiger partial charge in [0.2, 0.25) is 46.0 Å². The molecule has 19 N–H and O–H groups in total. The number of hydrogen-bond donors (Lipinski definition) is 19. The van der Waals surface area contributed by atoms with Gasteiger partial charge in [-0.15, -0.1) is 0 Å². The molecule has 35 heteroatoms. The Morgan fingerprint density at radius 2 is 1.00 bits per heavy atom. The van der Waals surface area contributed by atoms with Gasteiger partial charge in [0.1, 0.15) is 35.5 Å². The lowest BCUT2D eigenvalue weighted by Crippen LogP contribution is -2.51. The van der Waals surface area contributed by atoms with Crippen LogP contribution in [0.25, 0.3) is 43.8 Å². The molecule has 90 heavy (non-hydrogen) atoms. The maximum atomic E-state index is 15.0. The van der Waals surface area contributed by atoms with E-state index in [0.717, 1.165) is 6.07 Å². The van der Waals surface area contributed by atoms with Crippen molar-refractivity contribution in [1.82, 2.24) is 0 Å². The zero-order valence-electron chi connectivity index (χ0n) is 43.7. The van der Waals surface area contributed by atoms with Gasteiger partial charge in [-0.2, -0.15) is 0 Å². The fourth-order valence-corrected chi connectivity index (χ4v) is 9.36. The number of aromatic hydroxyl groups is 17. The number of carbonyl (C=O) groups is 6. The molecule has 9 aromatic rings. The summed E-state index contributed by atoms with van der Waals surface area (Å²) >= 11 is 0. The van der Waals surface area contributed by atoms with Crippen LogP contribution in [0.4, 0.5) is 0 Å². The SMILES string of the molecule is O=CC(OC(=O)c1cc(O)c(O)c(O)c1Oc1cc2c(=O)oc3c(O)c(O)cc4c(=O)oc(c1O)c2c34)C(OC(=O)c1cc(O)c(O)c(O)c1)C1C(=O)Oc2cc(Oc3c(C(=O)O)cc(O)c(O)c3O)c(O)c(O)c2-c2c(cc(O)c(O)c2O)C(=O)OCC1O. The molecule has 0 aliphatic carbocycles. The molecule has 10 rings (SSSR count). The minimum absolute atomic E-state index is 0.221. The van der Waals surface area contributed by atoms with Gasteiger partial charge < -0.3 is 134 Å². The van der Waals surface area contributed by atoms with E-state index in [2.05, 4.69) is 0 Å². The van der Waals surface area contributed by atoms with Gasteiger partial charge in [-0.25, -0.2) is 28.8 Å². The summed E-state index contributed by atoms with van der Waals surface area (Å²) in [6, 6.07) is 3.21. The van der Waals surface area contributed by atoms with Crippen LogP contribution < -0.4 is 25.5 Å². The number of aliphatic hydroxyl groups excluding tert-OH is 1. The first-order valence-electron chi connectivity index (χ1n) is 24.5. The van der Waals surface area contributed by atoms with Gasteiger partial charge in [0.15, 0.2) is 104 Å². The number of fused-ring (bicyclic) bond motifs is 3. The maximum absolute atomic E-state index is 15.0. The normalized spacial score (nSPS) is 14.8. The molecule has 4 atom stereocenters. The van der Waals surface area contributed by atoms with Gasteiger partial charge in [0.25, 0.3) is 0 Å². The standard InChI is InChI=1S/C55H34O35/c56-9-27(87-54(81)16-6-21(61)36(67)43(74)45(16)84-25-7-14-30-29-13(52(79)90-48(30)39(25)70)4-22(62)37(68)47(29)89-53(14)80)46(88-50(77)11-1-17(57)33(64)18(58)2-11)31-23(63)10-83-51(78)12-3-19(59)34(65)40(71)28(12)32-24(86-55(31)82)8-26(38(69)41(32)72)85-44-15(49(75)76)5-20(60)35(66)42(44)73/h1-9,23,27,31,46,57-74H,10H2,(H,75,76). The fourth-order valence-electron chi connectivity index (χ4n) is 9.36. The molecule has 0 saturated carbocycles. The summed E-state index contributed by atoms with van der Waals surface area (Å²) in [6.07, 6.45) is -9.44. The van der Waals surface area contributed by atoms with Gasteiger partial charge >= 0.3 is 41.1 Å². The Hall–Kier alpha value is -13.3. The number of benzene rings is 7. The van der Waals surface area contributed by atoms with Crippen LogP contribution in [0.1, 0.15) is 41.4 Å². The van der Waals surface area contributed by atoms with E-state index in [1.807, 2.05) is 0 Å². The smallest absolute Gasteiger partial charge is 0.344 e. The number of carboxylic acids is 1. The number of aromatic carboxylic acids is 1. The molecule has 0 bridgehead atoms. The number of ether oxygens (including phenoxy) is 6. The monoisotopic (exact) mass is 1250 g/mol. The highest BCUT2D eigenvalue weighted by atomic mass is 16.6. The summed E-state index contributed by atoms with van der Waals surface area (Å²) < 4.78 is 42.7. The number of aldehydes is 1. The van der Waals surface area contributed by atoms with Crippen molar-refractivity contribution < 1.29 is 163 Å². The van der Waals surface area contributed by atoms with Crippen LogP contribution in [-0.4, -0.2) is 158 Å². The van der Waals surface area contributed by atoms with E-state index >= 15 is 4.79 Å². The quantitative estimate of drug-likeness (QED) is 0.0159. The van der Waals surface area contributed by atoms with Gasteiger partial charge in [-0.1, -0.05) is 0 Å². The van der Waals surface area contributed by atoms with E-state index in [-0.39, 0.29) is 12.1 Å². The topological polar surface area (TPSA) is 603 Å². The molecule has 7 aromatic carbocycles. The van der Waals surface area contributed by atoms with E-state index in [9.17, 15) is 131 Å².